The lowest BCUT2D eigenvalue weighted by Gasteiger charge is -2.46. The fraction of sp³-hybridized carbons (Fsp3) is 0.667. The van der Waals surface area contributed by atoms with Crippen molar-refractivity contribution in [3.63, 3.8) is 0 Å². The smallest absolute Gasteiger partial charge is 0.398 e. The third-order valence-corrected chi connectivity index (χ3v) is 5.05. The van der Waals surface area contributed by atoms with Crippen molar-refractivity contribution in [2.24, 2.45) is 11.8 Å². The number of amides is 1. The number of carboxylic acids is 1. The number of β-lactam (4-membered cyclic amide) rings is 1. The molecule has 0 aromatic carbocycles. The van der Waals surface area contributed by atoms with Crippen molar-refractivity contribution in [1.29, 1.82) is 0 Å². The summed E-state index contributed by atoms with van der Waals surface area (Å²) >= 11 is 0.397. The summed E-state index contributed by atoms with van der Waals surface area (Å²) in [5, 5.41) is 18.8. The Kier molecular flexibility index (Phi) is 4.00. The number of aliphatic carboxylic acids is 1. The first-order valence-electron chi connectivity index (χ1n) is 6.24. The van der Waals surface area contributed by atoms with Gasteiger partial charge in [-0.25, -0.2) is 4.79 Å². The molecule has 0 aliphatic carbocycles. The number of alkyl halides is 3. The van der Waals surface area contributed by atoms with Crippen LogP contribution in [0.5, 0.6) is 0 Å². The molecule has 1 saturated heterocycles. The maximum absolute atomic E-state index is 12.3. The second kappa shape index (κ2) is 5.20. The number of carbonyl (C=O) groups is 2. The predicted molar refractivity (Wildman–Crippen MR) is 68.1 cm³/mol. The van der Waals surface area contributed by atoms with Crippen molar-refractivity contribution in [3.8, 4) is 0 Å². The number of fused-ring (bicyclic) bond motifs is 1. The summed E-state index contributed by atoms with van der Waals surface area (Å²) in [6.07, 6.45) is -5.39. The van der Waals surface area contributed by atoms with E-state index in [-0.39, 0.29) is 10.6 Å². The fourth-order valence-electron chi connectivity index (χ4n) is 2.87. The van der Waals surface area contributed by atoms with E-state index in [1.807, 2.05) is 0 Å². The predicted octanol–water partition coefficient (Wildman–Crippen LogP) is 1.44. The molecule has 4 atom stereocenters. The molecule has 0 spiro atoms. The lowest BCUT2D eigenvalue weighted by molar-refractivity contribution is -0.163. The van der Waals surface area contributed by atoms with Crippen LogP contribution >= 0.6 is 11.8 Å². The van der Waals surface area contributed by atoms with Gasteiger partial charge in [0.15, 0.2) is 0 Å². The minimum Gasteiger partial charge on any atom is -0.477 e. The molecule has 1 amide bonds. The summed E-state index contributed by atoms with van der Waals surface area (Å²) in [4.78, 5) is 24.3. The van der Waals surface area contributed by atoms with E-state index >= 15 is 0 Å². The number of carboxylic acid groups (broad SMARTS) is 1. The average Bonchev–Trinajstić information content (AvgIpc) is 2.55. The van der Waals surface area contributed by atoms with Crippen LogP contribution in [0.4, 0.5) is 13.2 Å². The lowest BCUT2D eigenvalue weighted by Crippen LogP contribution is -2.63. The molecule has 2 rings (SSSR count). The molecular formula is C12H14F3NO4S. The van der Waals surface area contributed by atoms with Gasteiger partial charge in [-0.3, -0.25) is 4.79 Å². The van der Waals surface area contributed by atoms with Gasteiger partial charge in [-0.15, -0.1) is 11.8 Å². The lowest BCUT2D eigenvalue weighted by atomic mass is 9.79. The molecule has 2 aliphatic rings. The fourth-order valence-corrected chi connectivity index (χ4v) is 3.92. The highest BCUT2D eigenvalue weighted by Crippen LogP contribution is 2.51. The summed E-state index contributed by atoms with van der Waals surface area (Å²) < 4.78 is 37.0. The van der Waals surface area contributed by atoms with Crippen LogP contribution in [-0.4, -0.2) is 51.1 Å². The van der Waals surface area contributed by atoms with Crippen molar-refractivity contribution in [2.75, 3.05) is 5.75 Å². The number of hydrogen-bond acceptors (Lipinski definition) is 4. The van der Waals surface area contributed by atoms with Gasteiger partial charge in [-0.1, -0.05) is 6.92 Å². The Morgan fingerprint density at radius 1 is 1.48 bits per heavy atom. The van der Waals surface area contributed by atoms with E-state index in [9.17, 15) is 33.0 Å². The summed E-state index contributed by atoms with van der Waals surface area (Å²) in [7, 11) is 0. The third kappa shape index (κ3) is 2.64. The van der Waals surface area contributed by atoms with E-state index in [1.165, 1.54) is 6.92 Å². The summed E-state index contributed by atoms with van der Waals surface area (Å²) in [6.45, 7) is 2.99. The number of carbonyl (C=O) groups excluding carboxylic acids is 1. The molecule has 0 aromatic heterocycles. The first kappa shape index (κ1) is 16.2. The minimum atomic E-state index is -4.42. The molecule has 21 heavy (non-hydrogen) atoms. The number of nitrogens with zero attached hydrogens (tertiary/aromatic N) is 1. The van der Waals surface area contributed by atoms with Crippen LogP contribution in [0.15, 0.2) is 10.6 Å². The molecule has 0 unspecified atom stereocenters. The molecule has 9 heteroatoms. The molecule has 0 radical (unpaired) electrons. The Labute approximate surface area is 122 Å². The molecule has 1 fully saturated rings. The Balaban J connectivity index is 2.30. The van der Waals surface area contributed by atoms with Crippen molar-refractivity contribution >= 4 is 23.6 Å². The Morgan fingerprint density at radius 3 is 2.48 bits per heavy atom. The van der Waals surface area contributed by atoms with Crippen molar-refractivity contribution in [2.45, 2.75) is 32.2 Å². The van der Waals surface area contributed by atoms with Crippen molar-refractivity contribution in [3.05, 3.63) is 10.6 Å². The van der Waals surface area contributed by atoms with E-state index in [1.54, 1.807) is 6.92 Å². The topological polar surface area (TPSA) is 77.8 Å². The molecular weight excluding hydrogens is 311 g/mol. The van der Waals surface area contributed by atoms with Gasteiger partial charge in [0.1, 0.15) is 5.70 Å². The van der Waals surface area contributed by atoms with Gasteiger partial charge in [0.05, 0.1) is 23.8 Å². The van der Waals surface area contributed by atoms with Crippen molar-refractivity contribution < 1.29 is 33.0 Å². The largest absolute Gasteiger partial charge is 0.477 e. The number of hydrogen-bond donors (Lipinski definition) is 2. The van der Waals surface area contributed by atoms with E-state index < -0.39 is 47.8 Å². The highest BCUT2D eigenvalue weighted by molar-refractivity contribution is 8.03. The zero-order valence-electron chi connectivity index (χ0n) is 11.2. The van der Waals surface area contributed by atoms with Gasteiger partial charge in [-0.2, -0.15) is 13.2 Å². The van der Waals surface area contributed by atoms with Crippen LogP contribution in [0.1, 0.15) is 13.8 Å². The zero-order valence-corrected chi connectivity index (χ0v) is 12.0. The van der Waals surface area contributed by atoms with E-state index in [2.05, 4.69) is 0 Å². The number of aliphatic hydroxyl groups excluding tert-OH is 1. The quantitative estimate of drug-likeness (QED) is 0.765. The average molecular weight is 325 g/mol. The van der Waals surface area contributed by atoms with Gasteiger partial charge in [0.25, 0.3) is 0 Å². The number of thioether (sulfide) groups is 1. The van der Waals surface area contributed by atoms with Gasteiger partial charge in [0.2, 0.25) is 5.91 Å². The Bertz CT molecular complexity index is 517. The molecule has 0 bridgehead atoms. The SMILES string of the molecule is C[C@@H](O)[C@H]1C(=O)N2C(C(=O)O)=C(SCC(F)(F)F)[C@H](C)[C@H]12. The van der Waals surface area contributed by atoms with Crippen LogP contribution in [0, 0.1) is 11.8 Å². The number of aliphatic hydroxyl groups is 1. The van der Waals surface area contributed by atoms with E-state index in [0.29, 0.717) is 11.8 Å². The maximum Gasteiger partial charge on any atom is 0.398 e. The second-order valence-corrected chi connectivity index (χ2v) is 6.19. The van der Waals surface area contributed by atoms with Crippen LogP contribution in [0.25, 0.3) is 0 Å². The monoisotopic (exact) mass is 325 g/mol. The van der Waals surface area contributed by atoms with E-state index in [4.69, 9.17) is 0 Å². The zero-order chi connectivity index (χ0) is 16.1. The minimum absolute atomic E-state index is 0.0429. The first-order valence-corrected chi connectivity index (χ1v) is 7.23. The van der Waals surface area contributed by atoms with E-state index in [0.717, 1.165) is 4.90 Å². The Morgan fingerprint density at radius 2 is 2.05 bits per heavy atom. The number of halogens is 3. The Hall–Kier alpha value is -1.22. The summed E-state index contributed by atoms with van der Waals surface area (Å²) in [5.41, 5.74) is -0.386. The number of rotatable bonds is 4. The molecule has 0 saturated carbocycles. The van der Waals surface area contributed by atoms with Gasteiger partial charge in [-0.05, 0) is 6.92 Å². The normalized spacial score (nSPS) is 30.3. The van der Waals surface area contributed by atoms with Gasteiger partial charge >= 0.3 is 12.1 Å². The first-order chi connectivity index (χ1) is 9.56. The molecule has 2 N–H and O–H groups in total. The standard InChI is InChI=1S/C12H14F3NO4S/c1-4-7-6(5(2)17)10(18)16(7)8(11(19)20)9(4)21-3-12(13,14)15/h4-7,17H,3H2,1-2H3,(H,19,20)/t4-,5-,6-,7-/m1/s1. The second-order valence-electron chi connectivity index (χ2n) is 5.18. The third-order valence-electron chi connectivity index (χ3n) is 3.70. The van der Waals surface area contributed by atoms with Crippen LogP contribution in [0.2, 0.25) is 0 Å². The van der Waals surface area contributed by atoms with Gasteiger partial charge < -0.3 is 15.1 Å². The molecule has 5 nitrogen and oxygen atoms in total. The molecule has 118 valence electrons. The van der Waals surface area contributed by atoms with Crippen molar-refractivity contribution in [1.82, 2.24) is 4.90 Å². The maximum atomic E-state index is 12.3. The van der Waals surface area contributed by atoms with Crippen LogP contribution in [-0.2, 0) is 9.59 Å². The summed E-state index contributed by atoms with van der Waals surface area (Å²) in [6, 6.07) is -0.584. The van der Waals surface area contributed by atoms with Gasteiger partial charge in [0, 0.05) is 10.8 Å². The summed E-state index contributed by atoms with van der Waals surface area (Å²) in [5.74, 6) is -4.50. The molecule has 2 heterocycles. The molecule has 0 aromatic rings. The van der Waals surface area contributed by atoms with Crippen LogP contribution in [0.3, 0.4) is 0 Å². The highest BCUT2D eigenvalue weighted by atomic mass is 32.2. The highest BCUT2D eigenvalue weighted by Gasteiger charge is 2.60. The molecule has 2 aliphatic heterocycles. The van der Waals surface area contributed by atoms with Crippen LogP contribution < -0.4 is 0 Å².